The molecule has 1 saturated heterocycles. The number of hydrogen-bond donors (Lipinski definition) is 1. The van der Waals surface area contributed by atoms with E-state index < -0.39 is 54.0 Å². The van der Waals surface area contributed by atoms with Gasteiger partial charge >= 0.3 is 172 Å². The number of hydrogen-bond acceptors (Lipinski definition) is 5. The first kappa shape index (κ1) is 23.9. The Bertz CT molecular complexity index is 747. The predicted molar refractivity (Wildman–Crippen MR) is 105 cm³/mol. The van der Waals surface area contributed by atoms with Gasteiger partial charge in [0.15, 0.2) is 0 Å². The number of carbonyl (C=O) groups excluding carboxylic acids is 1. The number of halogens is 4. The maximum absolute atomic E-state index is 14.6. The molecule has 29 heavy (non-hydrogen) atoms. The van der Waals surface area contributed by atoms with Crippen molar-refractivity contribution in [1.82, 2.24) is 14.9 Å². The molecule has 164 valence electrons. The molecule has 2 rings (SSSR count). The monoisotopic (exact) mass is 528 g/mol. The van der Waals surface area contributed by atoms with E-state index in [1.165, 1.54) is 4.90 Å². The summed E-state index contributed by atoms with van der Waals surface area (Å²) in [5.74, 6) is -0.0157. The van der Waals surface area contributed by atoms with E-state index in [-0.39, 0.29) is 29.2 Å². The normalized spacial score (nSPS) is 21.1. The van der Waals surface area contributed by atoms with Gasteiger partial charge in [-0.05, 0) is 0 Å². The van der Waals surface area contributed by atoms with Gasteiger partial charge < -0.3 is 0 Å². The summed E-state index contributed by atoms with van der Waals surface area (Å²) in [6, 6.07) is -0.701. The summed E-state index contributed by atoms with van der Waals surface area (Å²) < 4.78 is 59.8. The molecule has 0 unspecified atom stereocenters. The molecule has 0 aliphatic carbocycles. The van der Waals surface area contributed by atoms with Gasteiger partial charge in [0.2, 0.25) is 0 Å². The minimum absolute atomic E-state index is 0.0157. The first-order valence-electron chi connectivity index (χ1n) is 9.41. The first-order chi connectivity index (χ1) is 13.1. The maximum atomic E-state index is 14.6. The Morgan fingerprint density at radius 1 is 1.28 bits per heavy atom. The van der Waals surface area contributed by atoms with Crippen LogP contribution in [-0.2, 0) is 10.9 Å². The van der Waals surface area contributed by atoms with Crippen LogP contribution in [0.15, 0.2) is 6.20 Å². The molecule has 2 atom stereocenters. The zero-order chi connectivity index (χ0) is 22.2. The standard InChI is InChI=1S/C15H19F4N4O2.3CH3.Sn/c1-14(2,3)25-13(24)23-5-4-11(10(16)8-23)22-12-20-6-9(7-21-12)15(17,18)19;;;;/h6,10-11H,4-5,8H2,1-3H3,(H,20,21,22);3*1H3;/t10-,11+;;;;/m1..../s1. The van der Waals surface area contributed by atoms with Crippen LogP contribution in [0.3, 0.4) is 0 Å². The number of ether oxygens (including phenoxy) is 1. The summed E-state index contributed by atoms with van der Waals surface area (Å²) in [6.07, 6.45) is -5.51. The number of likely N-dealkylation sites (tertiary alicyclic amines) is 1. The number of anilines is 1. The Balaban J connectivity index is 2.12. The van der Waals surface area contributed by atoms with Gasteiger partial charge in [-0.1, -0.05) is 0 Å². The fraction of sp³-hybridized carbons (Fsp3) is 0.722. The van der Waals surface area contributed by atoms with Crippen LogP contribution < -0.4 is 9.03 Å². The van der Waals surface area contributed by atoms with E-state index in [4.69, 9.17) is 4.74 Å². The molecule has 0 aromatic carbocycles. The third-order valence-electron chi connectivity index (χ3n) is 4.31. The van der Waals surface area contributed by atoms with Crippen LogP contribution in [0.4, 0.5) is 28.3 Å². The number of alkyl halides is 4. The van der Waals surface area contributed by atoms with E-state index in [1.54, 1.807) is 20.8 Å². The molecule has 1 aliphatic heterocycles. The predicted octanol–water partition coefficient (Wildman–Crippen LogP) is 3.80. The Labute approximate surface area is 172 Å². The van der Waals surface area contributed by atoms with Crippen molar-refractivity contribution in [2.45, 2.75) is 66.0 Å². The van der Waals surface area contributed by atoms with Crippen molar-refractivity contribution in [3.8, 4) is 0 Å². The second-order valence-electron chi connectivity index (χ2n) is 9.19. The zero-order valence-corrected chi connectivity index (χ0v) is 20.4. The Morgan fingerprint density at radius 3 is 2.38 bits per heavy atom. The number of nitrogens with zero attached hydrogens (tertiary/aromatic N) is 3. The molecular weight excluding hydrogens is 499 g/mol. The average Bonchev–Trinajstić information content (AvgIpc) is 2.53. The number of piperidine rings is 1. The zero-order valence-electron chi connectivity index (χ0n) is 17.5. The third-order valence-corrected chi connectivity index (χ3v) is 9.46. The third kappa shape index (κ3) is 6.58. The Morgan fingerprint density at radius 2 is 1.90 bits per heavy atom. The van der Waals surface area contributed by atoms with Gasteiger partial charge in [0, 0.05) is 0 Å². The second kappa shape index (κ2) is 8.43. The molecule has 0 saturated carbocycles. The molecule has 1 amide bonds. The van der Waals surface area contributed by atoms with Crippen LogP contribution in [0.5, 0.6) is 0 Å². The molecule has 0 bridgehead atoms. The van der Waals surface area contributed by atoms with E-state index in [1.807, 2.05) is 14.8 Å². The topological polar surface area (TPSA) is 67.3 Å². The minimum atomic E-state index is -4.53. The number of amides is 1. The van der Waals surface area contributed by atoms with Crippen molar-refractivity contribution in [2.24, 2.45) is 0 Å². The van der Waals surface area contributed by atoms with Gasteiger partial charge in [-0.15, -0.1) is 0 Å². The van der Waals surface area contributed by atoms with Crippen molar-refractivity contribution in [3.63, 3.8) is 0 Å². The molecule has 1 aliphatic rings. The molecule has 1 aromatic rings. The molecule has 1 N–H and O–H groups in total. The molecule has 11 heteroatoms. The molecule has 0 radical (unpaired) electrons. The summed E-state index contributed by atoms with van der Waals surface area (Å²) in [5, 5.41) is 2.82. The SMILES string of the molecule is CC(C)(C)OC(=O)N1CC[C@H](Nc2ncc(C(F)(F)F)[c]([Sn]([CH3])([CH3])[CH3])n2)[C@H](F)C1. The van der Waals surface area contributed by atoms with Crippen LogP contribution in [0.2, 0.25) is 14.8 Å². The van der Waals surface area contributed by atoms with Gasteiger partial charge in [-0.3, -0.25) is 0 Å². The van der Waals surface area contributed by atoms with E-state index in [0.29, 0.717) is 0 Å². The fourth-order valence-corrected chi connectivity index (χ4v) is 7.11. The van der Waals surface area contributed by atoms with Crippen molar-refractivity contribution in [2.75, 3.05) is 18.4 Å². The summed E-state index contributed by atoms with van der Waals surface area (Å²) in [5.41, 5.74) is -1.50. The van der Waals surface area contributed by atoms with Crippen LogP contribution in [0.1, 0.15) is 32.8 Å². The van der Waals surface area contributed by atoms with Crippen LogP contribution in [-0.4, -0.2) is 70.2 Å². The molecule has 0 spiro atoms. The van der Waals surface area contributed by atoms with Gasteiger partial charge in [0.1, 0.15) is 0 Å². The fourth-order valence-electron chi connectivity index (χ4n) is 2.96. The van der Waals surface area contributed by atoms with Crippen LogP contribution in [0.25, 0.3) is 0 Å². The summed E-state index contributed by atoms with van der Waals surface area (Å²) in [6.45, 7) is 5.28. The van der Waals surface area contributed by atoms with E-state index in [2.05, 4.69) is 15.3 Å². The Hall–Kier alpha value is -1.33. The first-order valence-corrected chi connectivity index (χ1v) is 19.4. The van der Waals surface area contributed by atoms with Crippen molar-refractivity contribution >= 4 is 34.1 Å². The van der Waals surface area contributed by atoms with Gasteiger partial charge in [-0.2, -0.15) is 0 Å². The Kier molecular flexibility index (Phi) is 6.96. The average molecular weight is 527 g/mol. The molecule has 2 heterocycles. The molecule has 6 nitrogen and oxygen atoms in total. The summed E-state index contributed by atoms with van der Waals surface area (Å²) >= 11 is -3.22. The van der Waals surface area contributed by atoms with Gasteiger partial charge in [0.25, 0.3) is 0 Å². The van der Waals surface area contributed by atoms with Crippen LogP contribution in [0, 0.1) is 0 Å². The quantitative estimate of drug-likeness (QED) is 0.479. The van der Waals surface area contributed by atoms with Gasteiger partial charge in [-0.25, -0.2) is 0 Å². The number of aromatic nitrogens is 2. The van der Waals surface area contributed by atoms with Crippen molar-refractivity contribution in [3.05, 3.63) is 11.8 Å². The molecule has 1 aromatic heterocycles. The van der Waals surface area contributed by atoms with Crippen LogP contribution >= 0.6 is 0 Å². The van der Waals surface area contributed by atoms with Gasteiger partial charge in [0.05, 0.1) is 0 Å². The second-order valence-corrected chi connectivity index (χ2v) is 23.4. The van der Waals surface area contributed by atoms with E-state index in [0.717, 1.165) is 6.20 Å². The summed E-state index contributed by atoms with van der Waals surface area (Å²) in [4.78, 5) is 26.8. The molecular formula is C18H28F4N4O2Sn. The van der Waals surface area contributed by atoms with E-state index in [9.17, 15) is 22.4 Å². The van der Waals surface area contributed by atoms with E-state index >= 15 is 0 Å². The number of carbonyl (C=O) groups is 1. The molecule has 1 fully saturated rings. The number of nitrogens with one attached hydrogen (secondary N) is 1. The van der Waals surface area contributed by atoms with Crippen molar-refractivity contribution in [1.29, 1.82) is 0 Å². The summed E-state index contributed by atoms with van der Waals surface area (Å²) in [7, 11) is 0. The number of rotatable bonds is 3. The van der Waals surface area contributed by atoms with Crippen molar-refractivity contribution < 1.29 is 27.1 Å².